The van der Waals surface area contributed by atoms with Gasteiger partial charge >= 0.3 is 6.18 Å². The van der Waals surface area contributed by atoms with Crippen molar-refractivity contribution in [3.05, 3.63) is 59.5 Å². The normalized spacial score (nSPS) is 12.0. The summed E-state index contributed by atoms with van der Waals surface area (Å²) in [6, 6.07) is 8.20. The van der Waals surface area contributed by atoms with Crippen molar-refractivity contribution < 1.29 is 22.4 Å². The van der Waals surface area contributed by atoms with Gasteiger partial charge < -0.3 is 20.0 Å². The Morgan fingerprint density at radius 1 is 1.15 bits per heavy atom. The van der Waals surface area contributed by atoms with Gasteiger partial charge in [0.25, 0.3) is 5.91 Å². The minimum absolute atomic E-state index is 0.235. The maximum Gasteiger partial charge on any atom is 0.416 e. The van der Waals surface area contributed by atoms with Crippen molar-refractivity contribution in [3.8, 4) is 0 Å². The predicted molar refractivity (Wildman–Crippen MR) is 95.3 cm³/mol. The third-order valence-corrected chi connectivity index (χ3v) is 3.71. The van der Waals surface area contributed by atoms with Crippen LogP contribution in [0, 0.1) is 0 Å². The van der Waals surface area contributed by atoms with Crippen LogP contribution < -0.4 is 10.6 Å². The van der Waals surface area contributed by atoms with Crippen molar-refractivity contribution in [2.45, 2.75) is 12.7 Å². The molecule has 1 aromatic carbocycles. The number of hydrogen-bond donors (Lipinski definition) is 2. The van der Waals surface area contributed by atoms with Crippen molar-refractivity contribution in [2.24, 2.45) is 4.99 Å². The van der Waals surface area contributed by atoms with Gasteiger partial charge in [-0.1, -0.05) is 12.1 Å². The Morgan fingerprint density at radius 2 is 1.81 bits per heavy atom. The Labute approximate surface area is 155 Å². The summed E-state index contributed by atoms with van der Waals surface area (Å²) in [6.45, 7) is 1.17. The third-order valence-electron chi connectivity index (χ3n) is 3.71. The maximum atomic E-state index is 12.6. The Kier molecular flexibility index (Phi) is 6.86. The van der Waals surface area contributed by atoms with Crippen molar-refractivity contribution in [1.82, 2.24) is 15.5 Å². The van der Waals surface area contributed by atoms with Crippen LogP contribution in [0.2, 0.25) is 0 Å². The highest BCUT2D eigenvalue weighted by molar-refractivity contribution is 5.91. The Balaban J connectivity index is 1.80. The first-order chi connectivity index (χ1) is 12.8. The van der Waals surface area contributed by atoms with Gasteiger partial charge in [0.05, 0.1) is 11.8 Å². The van der Waals surface area contributed by atoms with E-state index in [1.807, 2.05) is 0 Å². The lowest BCUT2D eigenvalue weighted by Crippen LogP contribution is -2.42. The van der Waals surface area contributed by atoms with E-state index in [-0.39, 0.29) is 11.7 Å². The summed E-state index contributed by atoms with van der Waals surface area (Å²) >= 11 is 0. The molecule has 0 aliphatic heterocycles. The van der Waals surface area contributed by atoms with Crippen molar-refractivity contribution in [2.75, 3.05) is 27.2 Å². The van der Waals surface area contributed by atoms with Crippen LogP contribution in [0.3, 0.4) is 0 Å². The first kappa shape index (κ1) is 20.3. The summed E-state index contributed by atoms with van der Waals surface area (Å²) in [6.07, 6.45) is -2.92. The van der Waals surface area contributed by atoms with Gasteiger partial charge in [0, 0.05) is 33.7 Å². The highest BCUT2D eigenvalue weighted by atomic mass is 19.4. The second-order valence-corrected chi connectivity index (χ2v) is 5.76. The molecule has 9 heteroatoms. The maximum absolute atomic E-state index is 12.6. The lowest BCUT2D eigenvalue weighted by molar-refractivity contribution is -0.137. The zero-order chi connectivity index (χ0) is 19.9. The van der Waals surface area contributed by atoms with Gasteiger partial charge in [-0.05, 0) is 29.8 Å². The zero-order valence-corrected chi connectivity index (χ0v) is 15.0. The Hall–Kier alpha value is -2.97. The molecule has 6 nitrogen and oxygen atoms in total. The Morgan fingerprint density at radius 3 is 2.37 bits per heavy atom. The van der Waals surface area contributed by atoms with Crippen molar-refractivity contribution in [1.29, 1.82) is 0 Å². The number of halogens is 3. The van der Waals surface area contributed by atoms with E-state index in [1.54, 1.807) is 31.1 Å². The molecular formula is C18H21F3N4O2. The fourth-order valence-electron chi connectivity index (χ4n) is 2.38. The number of alkyl halides is 3. The smallest absolute Gasteiger partial charge is 0.416 e. The minimum atomic E-state index is -4.35. The van der Waals surface area contributed by atoms with E-state index in [1.165, 1.54) is 18.4 Å². The topological polar surface area (TPSA) is 69.9 Å². The highest BCUT2D eigenvalue weighted by Crippen LogP contribution is 2.29. The fourth-order valence-corrected chi connectivity index (χ4v) is 2.38. The van der Waals surface area contributed by atoms with E-state index in [2.05, 4.69) is 15.6 Å². The molecule has 27 heavy (non-hydrogen) atoms. The molecule has 0 aliphatic carbocycles. The predicted octanol–water partition coefficient (Wildman–Crippen LogP) is 2.74. The van der Waals surface area contributed by atoms with E-state index >= 15 is 0 Å². The van der Waals surface area contributed by atoms with Gasteiger partial charge in [-0.25, -0.2) is 0 Å². The summed E-state index contributed by atoms with van der Waals surface area (Å²) in [4.78, 5) is 17.6. The monoisotopic (exact) mass is 382 g/mol. The molecule has 146 valence electrons. The minimum Gasteiger partial charge on any atom is -0.459 e. The number of benzene rings is 1. The molecule has 2 N–H and O–H groups in total. The largest absolute Gasteiger partial charge is 0.459 e. The van der Waals surface area contributed by atoms with Crippen molar-refractivity contribution in [3.63, 3.8) is 0 Å². The van der Waals surface area contributed by atoms with Crippen LogP contribution in [0.5, 0.6) is 0 Å². The first-order valence-electron chi connectivity index (χ1n) is 8.21. The third kappa shape index (κ3) is 6.05. The fraction of sp³-hybridized carbons (Fsp3) is 0.333. The molecular weight excluding hydrogens is 361 g/mol. The molecule has 0 fully saturated rings. The molecule has 0 aliphatic rings. The van der Waals surface area contributed by atoms with Crippen LogP contribution in [0.1, 0.15) is 21.7 Å². The molecule has 0 saturated heterocycles. The average molecular weight is 382 g/mol. The first-order valence-corrected chi connectivity index (χ1v) is 8.21. The number of furan rings is 1. The number of amides is 1. The van der Waals surface area contributed by atoms with Crippen LogP contribution in [0.4, 0.5) is 13.2 Å². The molecule has 0 spiro atoms. The molecule has 1 amide bonds. The van der Waals surface area contributed by atoms with Gasteiger partial charge in [-0.15, -0.1) is 0 Å². The van der Waals surface area contributed by atoms with E-state index in [0.29, 0.717) is 25.6 Å². The van der Waals surface area contributed by atoms with Crippen LogP contribution >= 0.6 is 0 Å². The number of carbonyl (C=O) groups excluding carboxylic acids is 1. The van der Waals surface area contributed by atoms with Crippen molar-refractivity contribution >= 4 is 11.9 Å². The number of aliphatic imine (C=N–C) groups is 1. The molecule has 0 unspecified atom stereocenters. The van der Waals surface area contributed by atoms with Crippen LogP contribution in [-0.4, -0.2) is 44.0 Å². The van der Waals surface area contributed by atoms with Crippen LogP contribution in [0.25, 0.3) is 0 Å². The standard InChI is InChI=1S/C18H21F3N4O2/c1-22-17(24-10-9-23-16(26)15-4-3-11-27-15)25(2)12-13-5-7-14(8-6-13)18(19,20)21/h3-8,11H,9-10,12H2,1-2H3,(H,22,24)(H,23,26). The molecule has 0 saturated carbocycles. The molecule has 2 rings (SSSR count). The van der Waals surface area contributed by atoms with Gasteiger partial charge in [-0.2, -0.15) is 13.2 Å². The summed E-state index contributed by atoms with van der Waals surface area (Å²) < 4.78 is 42.8. The summed E-state index contributed by atoms with van der Waals surface area (Å²) in [5.74, 6) is 0.482. The molecule has 2 aromatic rings. The lowest BCUT2D eigenvalue weighted by atomic mass is 10.1. The summed E-state index contributed by atoms with van der Waals surface area (Å²) in [5.41, 5.74) is 0.0447. The molecule has 1 aromatic heterocycles. The summed E-state index contributed by atoms with van der Waals surface area (Å²) in [7, 11) is 3.38. The number of nitrogens with zero attached hydrogens (tertiary/aromatic N) is 2. The van der Waals surface area contributed by atoms with E-state index in [4.69, 9.17) is 4.42 Å². The summed E-state index contributed by atoms with van der Waals surface area (Å²) in [5, 5.41) is 5.77. The quantitative estimate of drug-likeness (QED) is 0.458. The van der Waals surface area contributed by atoms with E-state index in [9.17, 15) is 18.0 Å². The molecule has 0 bridgehead atoms. The second kappa shape index (κ2) is 9.11. The molecule has 1 heterocycles. The average Bonchev–Trinajstić information content (AvgIpc) is 3.16. The SMILES string of the molecule is CN=C(NCCNC(=O)c1ccco1)N(C)Cc1ccc(C(F)(F)F)cc1. The Bertz CT molecular complexity index is 756. The molecule has 0 radical (unpaired) electrons. The number of guanidine groups is 1. The number of nitrogens with one attached hydrogen (secondary N) is 2. The number of hydrogen-bond acceptors (Lipinski definition) is 3. The van der Waals surface area contributed by atoms with Gasteiger partial charge in [0.15, 0.2) is 11.7 Å². The van der Waals surface area contributed by atoms with Gasteiger partial charge in [0.2, 0.25) is 0 Å². The number of carbonyl (C=O) groups is 1. The highest BCUT2D eigenvalue weighted by Gasteiger charge is 2.29. The van der Waals surface area contributed by atoms with Crippen LogP contribution in [-0.2, 0) is 12.7 Å². The van der Waals surface area contributed by atoms with Gasteiger partial charge in [-0.3, -0.25) is 9.79 Å². The number of rotatable bonds is 6. The lowest BCUT2D eigenvalue weighted by Gasteiger charge is -2.22. The van der Waals surface area contributed by atoms with Crippen LogP contribution in [0.15, 0.2) is 52.1 Å². The van der Waals surface area contributed by atoms with E-state index in [0.717, 1.165) is 17.7 Å². The van der Waals surface area contributed by atoms with Gasteiger partial charge in [0.1, 0.15) is 0 Å². The van der Waals surface area contributed by atoms with E-state index < -0.39 is 11.7 Å². The second-order valence-electron chi connectivity index (χ2n) is 5.76. The zero-order valence-electron chi connectivity index (χ0n) is 15.0. The molecule has 0 atom stereocenters.